The molecule has 7 nitrogen and oxygen atoms in total. The van der Waals surface area contributed by atoms with E-state index in [-0.39, 0.29) is 11.7 Å². The first-order chi connectivity index (χ1) is 21.4. The lowest BCUT2D eigenvalue weighted by molar-refractivity contribution is -0.141. The van der Waals surface area contributed by atoms with Crippen LogP contribution in [0.15, 0.2) is 103 Å². The van der Waals surface area contributed by atoms with Gasteiger partial charge in [0.1, 0.15) is 11.8 Å². The van der Waals surface area contributed by atoms with Crippen molar-refractivity contribution in [3.05, 3.63) is 125 Å². The standard InChI is InChI=1S/C36H37ClN2O5/c1-3-10-34(40)39(29-19-17-28(37)18-20-29)23-9-24-44-30-21-15-26(16-22-30)25-33(36(42)43-2)38-32-14-8-7-13-31(32)35(41)27-11-5-4-6-12-27/h4-8,11-22,33,38H,3,9-10,23-25H2,1-2H3/t33-/m0/s1. The fraction of sp³-hybridized carbons (Fsp3) is 0.250. The van der Waals surface area contributed by atoms with Crippen LogP contribution in [-0.4, -0.2) is 44.0 Å². The molecule has 0 aliphatic heterocycles. The van der Waals surface area contributed by atoms with E-state index >= 15 is 0 Å². The Labute approximate surface area is 263 Å². The molecule has 1 N–H and O–H groups in total. The van der Waals surface area contributed by atoms with Crippen LogP contribution >= 0.6 is 11.6 Å². The number of hydrogen-bond acceptors (Lipinski definition) is 6. The number of nitrogens with zero attached hydrogens (tertiary/aromatic N) is 1. The van der Waals surface area contributed by atoms with E-state index in [1.165, 1.54) is 7.11 Å². The zero-order valence-electron chi connectivity index (χ0n) is 25.0. The molecule has 0 aliphatic rings. The van der Waals surface area contributed by atoms with Gasteiger partial charge in [0.05, 0.1) is 13.7 Å². The number of para-hydroxylation sites is 1. The van der Waals surface area contributed by atoms with E-state index in [9.17, 15) is 14.4 Å². The van der Waals surface area contributed by atoms with Crippen LogP contribution in [0.3, 0.4) is 0 Å². The van der Waals surface area contributed by atoms with Crippen LogP contribution in [0.2, 0.25) is 5.02 Å². The van der Waals surface area contributed by atoms with Gasteiger partial charge in [-0.15, -0.1) is 0 Å². The number of ketones is 1. The predicted molar refractivity (Wildman–Crippen MR) is 175 cm³/mol. The maximum absolute atomic E-state index is 13.2. The topological polar surface area (TPSA) is 84.9 Å². The van der Waals surface area contributed by atoms with Crippen LogP contribution in [0.5, 0.6) is 5.75 Å². The molecule has 0 radical (unpaired) electrons. The van der Waals surface area contributed by atoms with Gasteiger partial charge in [-0.1, -0.05) is 73.1 Å². The van der Waals surface area contributed by atoms with Crippen LogP contribution in [0, 0.1) is 0 Å². The average molecular weight is 613 g/mol. The van der Waals surface area contributed by atoms with Gasteiger partial charge in [0.25, 0.3) is 0 Å². The molecule has 8 heteroatoms. The van der Waals surface area contributed by atoms with Crippen LogP contribution in [0.25, 0.3) is 0 Å². The lowest BCUT2D eigenvalue weighted by atomic mass is 10.00. The molecule has 0 fully saturated rings. The summed E-state index contributed by atoms with van der Waals surface area (Å²) in [6, 6.07) is 30.2. The number of carbonyl (C=O) groups excluding carboxylic acids is 3. The molecule has 44 heavy (non-hydrogen) atoms. The molecule has 4 aromatic carbocycles. The Hall–Kier alpha value is -4.62. The highest BCUT2D eigenvalue weighted by Gasteiger charge is 2.23. The van der Waals surface area contributed by atoms with Crippen LogP contribution < -0.4 is 15.0 Å². The lowest BCUT2D eigenvalue weighted by Crippen LogP contribution is -2.33. The predicted octanol–water partition coefficient (Wildman–Crippen LogP) is 7.37. The van der Waals surface area contributed by atoms with Gasteiger partial charge in [0.2, 0.25) is 5.91 Å². The van der Waals surface area contributed by atoms with E-state index in [0.717, 1.165) is 17.7 Å². The molecule has 0 saturated carbocycles. The number of ether oxygens (including phenoxy) is 2. The van der Waals surface area contributed by atoms with E-state index < -0.39 is 12.0 Å². The number of methoxy groups -OCH3 is 1. The third-order valence-electron chi connectivity index (χ3n) is 7.08. The second kappa shape index (κ2) is 16.3. The van der Waals surface area contributed by atoms with Gasteiger partial charge in [-0.05, 0) is 66.9 Å². The molecule has 0 unspecified atom stereocenters. The smallest absolute Gasteiger partial charge is 0.328 e. The number of hydrogen-bond donors (Lipinski definition) is 1. The Kier molecular flexibility index (Phi) is 12.0. The van der Waals surface area contributed by atoms with Gasteiger partial charge >= 0.3 is 5.97 Å². The Balaban J connectivity index is 1.36. The first kappa shape index (κ1) is 32.3. The third-order valence-corrected chi connectivity index (χ3v) is 7.34. The highest BCUT2D eigenvalue weighted by Crippen LogP contribution is 2.23. The van der Waals surface area contributed by atoms with Crippen LogP contribution in [0.1, 0.15) is 47.7 Å². The number of esters is 1. The summed E-state index contributed by atoms with van der Waals surface area (Å²) < 4.78 is 11.0. The molecule has 0 aliphatic carbocycles. The van der Waals surface area contributed by atoms with E-state index in [4.69, 9.17) is 21.1 Å². The number of benzene rings is 4. The lowest BCUT2D eigenvalue weighted by Gasteiger charge is -2.23. The summed E-state index contributed by atoms with van der Waals surface area (Å²) in [6.07, 6.45) is 2.24. The van der Waals surface area contributed by atoms with Gasteiger partial charge in [0.15, 0.2) is 5.78 Å². The fourth-order valence-corrected chi connectivity index (χ4v) is 4.94. The van der Waals surface area contributed by atoms with Gasteiger partial charge in [-0.2, -0.15) is 0 Å². The molecular weight excluding hydrogens is 576 g/mol. The third kappa shape index (κ3) is 8.94. The maximum atomic E-state index is 13.2. The van der Waals surface area contributed by atoms with Crippen molar-refractivity contribution in [2.75, 3.05) is 30.5 Å². The molecular formula is C36H37ClN2O5. The molecule has 0 saturated heterocycles. The highest BCUT2D eigenvalue weighted by molar-refractivity contribution is 6.30. The zero-order valence-corrected chi connectivity index (χ0v) is 25.8. The quantitative estimate of drug-likeness (QED) is 0.0857. The summed E-state index contributed by atoms with van der Waals surface area (Å²) in [5.74, 6) is 0.188. The number of halogens is 1. The largest absolute Gasteiger partial charge is 0.494 e. The van der Waals surface area contributed by atoms with E-state index in [1.54, 1.807) is 47.4 Å². The Bertz CT molecular complexity index is 1520. The zero-order chi connectivity index (χ0) is 31.3. The first-order valence-corrected chi connectivity index (χ1v) is 15.1. The Morgan fingerprint density at radius 1 is 0.864 bits per heavy atom. The Morgan fingerprint density at radius 2 is 1.55 bits per heavy atom. The minimum Gasteiger partial charge on any atom is -0.494 e. The molecule has 1 amide bonds. The SMILES string of the molecule is CCCC(=O)N(CCCOc1ccc(C[C@H](Nc2ccccc2C(=O)c2ccccc2)C(=O)OC)cc1)c1ccc(Cl)cc1. The normalized spacial score (nSPS) is 11.3. The van der Waals surface area contributed by atoms with Crippen molar-refractivity contribution in [1.29, 1.82) is 0 Å². The summed E-state index contributed by atoms with van der Waals surface area (Å²) in [4.78, 5) is 40.4. The highest BCUT2D eigenvalue weighted by atomic mass is 35.5. The molecule has 1 atom stereocenters. The second-order valence-electron chi connectivity index (χ2n) is 10.3. The minimum atomic E-state index is -0.712. The van der Waals surface area contributed by atoms with Crippen molar-refractivity contribution >= 4 is 40.6 Å². The molecule has 0 aromatic heterocycles. The number of rotatable bonds is 15. The average Bonchev–Trinajstić information content (AvgIpc) is 3.05. The van der Waals surface area contributed by atoms with Gasteiger partial charge < -0.3 is 19.7 Å². The maximum Gasteiger partial charge on any atom is 0.328 e. The number of carbonyl (C=O) groups is 3. The number of nitrogens with one attached hydrogen (secondary N) is 1. The van der Waals surface area contributed by atoms with Gasteiger partial charge in [-0.25, -0.2) is 4.79 Å². The van der Waals surface area contributed by atoms with E-state index in [1.807, 2.05) is 67.6 Å². The summed E-state index contributed by atoms with van der Waals surface area (Å²) >= 11 is 6.03. The van der Waals surface area contributed by atoms with Gasteiger partial charge in [0, 0.05) is 46.9 Å². The van der Waals surface area contributed by atoms with E-state index in [0.29, 0.717) is 60.0 Å². The summed E-state index contributed by atoms with van der Waals surface area (Å²) in [5.41, 5.74) is 3.31. The van der Waals surface area contributed by atoms with Crippen LogP contribution in [-0.2, 0) is 20.7 Å². The summed E-state index contributed by atoms with van der Waals surface area (Å²) in [7, 11) is 1.35. The summed E-state index contributed by atoms with van der Waals surface area (Å²) in [5, 5.41) is 3.86. The van der Waals surface area contributed by atoms with Crippen molar-refractivity contribution in [1.82, 2.24) is 0 Å². The Morgan fingerprint density at radius 3 is 2.23 bits per heavy atom. The molecule has 0 heterocycles. The molecule has 4 rings (SSSR count). The van der Waals surface area contributed by atoms with E-state index in [2.05, 4.69) is 5.32 Å². The second-order valence-corrected chi connectivity index (χ2v) is 10.7. The van der Waals surface area contributed by atoms with Gasteiger partial charge in [-0.3, -0.25) is 9.59 Å². The minimum absolute atomic E-state index is 0.0694. The molecule has 228 valence electrons. The molecule has 0 bridgehead atoms. The number of anilines is 2. The van der Waals surface area contributed by atoms with Crippen molar-refractivity contribution < 1.29 is 23.9 Å². The van der Waals surface area contributed by atoms with Crippen molar-refractivity contribution in [2.24, 2.45) is 0 Å². The first-order valence-electron chi connectivity index (χ1n) is 14.7. The molecule has 4 aromatic rings. The molecule has 0 spiro atoms. The van der Waals surface area contributed by atoms with Crippen molar-refractivity contribution in [3.63, 3.8) is 0 Å². The van der Waals surface area contributed by atoms with Crippen LogP contribution in [0.4, 0.5) is 11.4 Å². The monoisotopic (exact) mass is 612 g/mol. The van der Waals surface area contributed by atoms with Crippen molar-refractivity contribution in [3.8, 4) is 5.75 Å². The van der Waals surface area contributed by atoms with Crippen molar-refractivity contribution in [2.45, 2.75) is 38.6 Å². The number of amides is 1. The fourth-order valence-electron chi connectivity index (χ4n) is 4.81. The summed E-state index contributed by atoms with van der Waals surface area (Å²) in [6.45, 7) is 2.95.